The highest BCUT2D eigenvalue weighted by Crippen LogP contribution is 2.23. The number of hydrogen-bond acceptors (Lipinski definition) is 8. The normalized spacial score (nSPS) is 18.8. The van der Waals surface area contributed by atoms with Crippen LogP contribution in [0.15, 0.2) is 36.5 Å². The van der Waals surface area contributed by atoms with Gasteiger partial charge in [-0.15, -0.1) is 0 Å². The van der Waals surface area contributed by atoms with Crippen molar-refractivity contribution in [3.63, 3.8) is 0 Å². The molecule has 460 valence electrons. The lowest BCUT2D eigenvalue weighted by atomic mass is 9.99. The van der Waals surface area contributed by atoms with Crippen molar-refractivity contribution in [2.24, 2.45) is 0 Å². The Morgan fingerprint density at radius 1 is 0.436 bits per heavy atom. The van der Waals surface area contributed by atoms with Gasteiger partial charge in [-0.25, -0.2) is 0 Å². The van der Waals surface area contributed by atoms with E-state index in [1.807, 2.05) is 6.08 Å². The van der Waals surface area contributed by atoms with E-state index in [0.717, 1.165) is 44.9 Å². The van der Waals surface area contributed by atoms with E-state index in [0.29, 0.717) is 6.42 Å². The second-order valence-corrected chi connectivity index (χ2v) is 24.0. The average molecular weight is 1100 g/mol. The fourth-order valence-electron chi connectivity index (χ4n) is 11.1. The number of amides is 1. The summed E-state index contributed by atoms with van der Waals surface area (Å²) < 4.78 is 11.3. The van der Waals surface area contributed by atoms with Crippen molar-refractivity contribution in [2.75, 3.05) is 13.2 Å². The smallest absolute Gasteiger partial charge is 0.220 e. The number of hydrogen-bond donors (Lipinski definition) is 6. The summed E-state index contributed by atoms with van der Waals surface area (Å²) in [5.41, 5.74) is 0. The van der Waals surface area contributed by atoms with Gasteiger partial charge in [-0.3, -0.25) is 4.79 Å². The maximum atomic E-state index is 13.1. The van der Waals surface area contributed by atoms with E-state index >= 15 is 0 Å². The molecule has 0 radical (unpaired) electrons. The third-order valence-corrected chi connectivity index (χ3v) is 16.5. The second kappa shape index (κ2) is 58.6. The molecule has 0 spiro atoms. The first-order valence-electron chi connectivity index (χ1n) is 34.2. The Morgan fingerprint density at radius 2 is 0.756 bits per heavy atom. The molecule has 1 aliphatic heterocycles. The number of carbonyl (C=O) groups is 1. The fourth-order valence-corrected chi connectivity index (χ4v) is 11.1. The van der Waals surface area contributed by atoms with Gasteiger partial charge in [0.15, 0.2) is 6.29 Å². The van der Waals surface area contributed by atoms with Crippen LogP contribution in [0.4, 0.5) is 0 Å². The summed E-state index contributed by atoms with van der Waals surface area (Å²) in [6.45, 7) is 3.83. The average Bonchev–Trinajstić information content (AvgIpc) is 3.45. The Balaban J connectivity index is 2.10. The molecule has 0 aromatic carbocycles. The van der Waals surface area contributed by atoms with Crippen molar-refractivity contribution in [3.05, 3.63) is 36.5 Å². The molecule has 0 aromatic rings. The minimum absolute atomic E-state index is 0.171. The predicted molar refractivity (Wildman–Crippen MR) is 332 cm³/mol. The van der Waals surface area contributed by atoms with Gasteiger partial charge in [-0.05, 0) is 51.4 Å². The number of ether oxygens (including phenoxy) is 2. The molecule has 1 saturated heterocycles. The lowest BCUT2D eigenvalue weighted by Gasteiger charge is -2.40. The molecule has 0 aromatic heterocycles. The minimum Gasteiger partial charge on any atom is -0.394 e. The number of carbonyl (C=O) groups excluding carboxylic acids is 1. The van der Waals surface area contributed by atoms with Gasteiger partial charge in [-0.1, -0.05) is 320 Å². The van der Waals surface area contributed by atoms with Crippen LogP contribution in [-0.4, -0.2) is 87.5 Å². The van der Waals surface area contributed by atoms with Gasteiger partial charge in [-0.2, -0.15) is 0 Å². The van der Waals surface area contributed by atoms with Crippen LogP contribution >= 0.6 is 0 Å². The zero-order valence-electron chi connectivity index (χ0n) is 51.4. The number of rotatable bonds is 60. The van der Waals surface area contributed by atoms with E-state index in [4.69, 9.17) is 9.47 Å². The van der Waals surface area contributed by atoms with Crippen LogP contribution in [0.3, 0.4) is 0 Å². The summed E-state index contributed by atoms with van der Waals surface area (Å²) in [7, 11) is 0. The van der Waals surface area contributed by atoms with E-state index < -0.39 is 49.5 Å². The van der Waals surface area contributed by atoms with Crippen molar-refractivity contribution in [1.29, 1.82) is 0 Å². The summed E-state index contributed by atoms with van der Waals surface area (Å²) in [6.07, 6.45) is 71.0. The van der Waals surface area contributed by atoms with Crippen molar-refractivity contribution in [3.8, 4) is 0 Å². The van der Waals surface area contributed by atoms with Crippen LogP contribution in [0.1, 0.15) is 341 Å². The van der Waals surface area contributed by atoms with Gasteiger partial charge in [0.25, 0.3) is 0 Å². The van der Waals surface area contributed by atoms with E-state index in [2.05, 4.69) is 43.5 Å². The third kappa shape index (κ3) is 47.0. The number of aliphatic hydroxyl groups excluding tert-OH is 5. The monoisotopic (exact) mass is 1100 g/mol. The van der Waals surface area contributed by atoms with Crippen molar-refractivity contribution in [2.45, 2.75) is 384 Å². The predicted octanol–water partition coefficient (Wildman–Crippen LogP) is 18.3. The van der Waals surface area contributed by atoms with Gasteiger partial charge in [0, 0.05) is 6.42 Å². The molecule has 1 heterocycles. The molecular formula is C69H131NO8. The van der Waals surface area contributed by atoms with Gasteiger partial charge in [0.2, 0.25) is 5.91 Å². The minimum atomic E-state index is -1.57. The highest BCUT2D eigenvalue weighted by atomic mass is 16.7. The summed E-state index contributed by atoms with van der Waals surface area (Å²) in [6, 6.07) is -0.805. The quantitative estimate of drug-likeness (QED) is 0.0261. The first-order chi connectivity index (χ1) is 38.3. The molecule has 1 fully saturated rings. The zero-order valence-corrected chi connectivity index (χ0v) is 51.4. The van der Waals surface area contributed by atoms with Crippen LogP contribution in [-0.2, 0) is 14.3 Å². The molecule has 0 saturated carbocycles. The molecule has 7 unspecified atom stereocenters. The Labute approximate surface area is 482 Å². The summed E-state index contributed by atoms with van der Waals surface area (Å²) in [5, 5.41) is 54.7. The molecule has 9 nitrogen and oxygen atoms in total. The lowest BCUT2D eigenvalue weighted by molar-refractivity contribution is -0.302. The SMILES string of the molecule is CCCCCCCCCCCCC/C=C\C/C=C\CCCCCCCCCCCCCCCCCCCC(=O)NC(COC1OC(CO)C(O)C(O)C1O)C(O)/C=C/CCCCCCCCCCCCCCCCCCCC. The van der Waals surface area contributed by atoms with Crippen molar-refractivity contribution < 1.29 is 39.8 Å². The maximum absolute atomic E-state index is 13.1. The van der Waals surface area contributed by atoms with Crippen molar-refractivity contribution >= 4 is 5.91 Å². The van der Waals surface area contributed by atoms with Crippen LogP contribution in [0, 0.1) is 0 Å². The summed E-state index contributed by atoms with van der Waals surface area (Å²) in [5.74, 6) is -0.171. The molecule has 7 atom stereocenters. The first-order valence-corrected chi connectivity index (χ1v) is 34.2. The molecule has 1 amide bonds. The molecule has 78 heavy (non-hydrogen) atoms. The number of unbranched alkanes of at least 4 members (excludes halogenated alkanes) is 46. The molecule has 0 bridgehead atoms. The number of nitrogens with one attached hydrogen (secondary N) is 1. The largest absolute Gasteiger partial charge is 0.394 e. The summed E-state index contributed by atoms with van der Waals surface area (Å²) in [4.78, 5) is 13.1. The van der Waals surface area contributed by atoms with E-state index in [-0.39, 0.29) is 12.5 Å². The molecule has 1 rings (SSSR count). The molecule has 0 aliphatic carbocycles. The zero-order chi connectivity index (χ0) is 56.5. The fraction of sp³-hybridized carbons (Fsp3) is 0.899. The lowest BCUT2D eigenvalue weighted by Crippen LogP contribution is -2.60. The second-order valence-electron chi connectivity index (χ2n) is 24.0. The van der Waals surface area contributed by atoms with E-state index in [1.54, 1.807) is 6.08 Å². The highest BCUT2D eigenvalue weighted by molar-refractivity contribution is 5.76. The molecular weight excluding hydrogens is 971 g/mol. The molecule has 9 heteroatoms. The topological polar surface area (TPSA) is 149 Å². The van der Waals surface area contributed by atoms with Crippen molar-refractivity contribution in [1.82, 2.24) is 5.32 Å². The molecule has 1 aliphatic rings. The van der Waals surface area contributed by atoms with Gasteiger partial charge >= 0.3 is 0 Å². The van der Waals surface area contributed by atoms with Gasteiger partial charge in [0.05, 0.1) is 25.4 Å². The van der Waals surface area contributed by atoms with Crippen LogP contribution in [0.25, 0.3) is 0 Å². The van der Waals surface area contributed by atoms with Gasteiger partial charge < -0.3 is 40.3 Å². The van der Waals surface area contributed by atoms with Crippen LogP contribution < -0.4 is 5.32 Å². The Morgan fingerprint density at radius 3 is 1.10 bits per heavy atom. The summed E-state index contributed by atoms with van der Waals surface area (Å²) >= 11 is 0. The highest BCUT2D eigenvalue weighted by Gasteiger charge is 2.44. The maximum Gasteiger partial charge on any atom is 0.220 e. The van der Waals surface area contributed by atoms with E-state index in [1.165, 1.54) is 276 Å². The standard InChI is InChI=1S/C69H131NO8/c1-3-5-7-9-11-13-15-17-19-21-23-25-26-27-28-29-30-31-32-33-34-35-36-37-38-39-41-43-45-47-49-51-53-55-57-59-65(73)70-62(61-77-69-68(76)67(75)66(74)64(60-71)78-69)63(72)58-56-54-52-50-48-46-44-42-40-24-22-20-18-16-14-12-10-8-6-4-2/h26-27,29-30,56,58,62-64,66-69,71-72,74-76H,3-25,28,31-55,57,59-61H2,1-2H3,(H,70,73)/b27-26-,30-29-,58-56+. The number of aliphatic hydroxyl groups is 5. The van der Waals surface area contributed by atoms with E-state index in [9.17, 15) is 30.3 Å². The Kier molecular flexibility index (Phi) is 55.9. The third-order valence-electron chi connectivity index (χ3n) is 16.5. The molecule has 6 N–H and O–H groups in total. The number of allylic oxidation sites excluding steroid dienone is 5. The Bertz CT molecular complexity index is 1320. The first kappa shape index (κ1) is 74.4. The van der Waals surface area contributed by atoms with Crippen LogP contribution in [0.2, 0.25) is 0 Å². The Hall–Kier alpha value is -1.59. The van der Waals surface area contributed by atoms with Gasteiger partial charge in [0.1, 0.15) is 24.4 Å². The van der Waals surface area contributed by atoms with Crippen LogP contribution in [0.5, 0.6) is 0 Å².